The van der Waals surface area contributed by atoms with Crippen LogP contribution >= 0.6 is 35.6 Å². The Balaban J connectivity index is 0.00000243. The summed E-state index contributed by atoms with van der Waals surface area (Å²) in [4.78, 5) is 16.7. The number of halogens is 3. The average molecular weight is 418 g/mol. The molecule has 0 aromatic heterocycles. The number of rotatable bonds is 2. The maximum atomic E-state index is 12.4. The molecule has 2 N–H and O–H groups in total. The molecule has 0 spiro atoms. The maximum absolute atomic E-state index is 12.4. The highest BCUT2D eigenvalue weighted by atomic mass is 35.5. The van der Waals surface area contributed by atoms with Crippen LogP contribution in [-0.2, 0) is 0 Å². The van der Waals surface area contributed by atoms with Gasteiger partial charge in [-0.2, -0.15) is 0 Å². The third-order valence-corrected chi connectivity index (χ3v) is 5.31. The van der Waals surface area contributed by atoms with Gasteiger partial charge in [-0.3, -0.25) is 4.90 Å². The first-order chi connectivity index (χ1) is 12.0. The van der Waals surface area contributed by atoms with Gasteiger partial charge in [0.2, 0.25) is 0 Å². The van der Waals surface area contributed by atoms with Gasteiger partial charge in [0.15, 0.2) is 0 Å². The quantitative estimate of drug-likeness (QED) is 0.727. The molecule has 1 aromatic rings. The van der Waals surface area contributed by atoms with Crippen molar-refractivity contribution in [3.05, 3.63) is 33.8 Å². The molecule has 3 rings (SSSR count). The van der Waals surface area contributed by atoms with Gasteiger partial charge < -0.3 is 15.5 Å². The monoisotopic (exact) mass is 416 g/mol. The van der Waals surface area contributed by atoms with Crippen molar-refractivity contribution in [3.63, 3.8) is 0 Å². The van der Waals surface area contributed by atoms with E-state index in [4.69, 9.17) is 23.2 Å². The third-order valence-electron chi connectivity index (χ3n) is 4.57. The zero-order valence-electron chi connectivity index (χ0n) is 14.6. The number of benzene rings is 1. The molecule has 0 saturated carbocycles. The van der Waals surface area contributed by atoms with Gasteiger partial charge in [0.25, 0.3) is 0 Å². The van der Waals surface area contributed by atoms with Crippen LogP contribution in [0.25, 0.3) is 0 Å². The number of piperazine rings is 1. The van der Waals surface area contributed by atoms with Crippen molar-refractivity contribution < 1.29 is 4.79 Å². The summed E-state index contributed by atoms with van der Waals surface area (Å²) < 4.78 is 0. The number of hydrogen-bond donors (Lipinski definition) is 2. The van der Waals surface area contributed by atoms with E-state index in [0.29, 0.717) is 16.1 Å². The molecule has 2 aliphatic heterocycles. The SMILES string of the molecule is CC(C#Cc1ccc(Cl)c(Cl)c1)NC(=O)N1CCN(C2CNC2)CC1.Cl. The first-order valence-electron chi connectivity index (χ1n) is 8.50. The molecule has 142 valence electrons. The second kappa shape index (κ2) is 9.68. The van der Waals surface area contributed by atoms with E-state index in [1.807, 2.05) is 17.9 Å². The fraction of sp³-hybridized carbons (Fsp3) is 0.500. The molecule has 2 heterocycles. The number of amides is 2. The van der Waals surface area contributed by atoms with E-state index < -0.39 is 0 Å². The molecular formula is C18H23Cl3N4O. The molecule has 2 amide bonds. The van der Waals surface area contributed by atoms with Gasteiger partial charge in [-0.25, -0.2) is 4.79 Å². The van der Waals surface area contributed by atoms with Crippen molar-refractivity contribution in [2.75, 3.05) is 39.3 Å². The van der Waals surface area contributed by atoms with Gasteiger partial charge >= 0.3 is 6.03 Å². The minimum Gasteiger partial charge on any atom is -0.325 e. The second-order valence-electron chi connectivity index (χ2n) is 6.40. The lowest BCUT2D eigenvalue weighted by molar-refractivity contribution is 0.0842. The van der Waals surface area contributed by atoms with E-state index in [1.54, 1.807) is 12.1 Å². The van der Waals surface area contributed by atoms with Crippen molar-refractivity contribution in [2.45, 2.75) is 19.0 Å². The van der Waals surface area contributed by atoms with Crippen molar-refractivity contribution >= 4 is 41.6 Å². The Morgan fingerprint density at radius 3 is 2.50 bits per heavy atom. The van der Waals surface area contributed by atoms with Crippen LogP contribution in [0.15, 0.2) is 18.2 Å². The average Bonchev–Trinajstić information content (AvgIpc) is 2.55. The van der Waals surface area contributed by atoms with Crippen LogP contribution in [-0.4, -0.2) is 67.2 Å². The van der Waals surface area contributed by atoms with Gasteiger partial charge in [-0.1, -0.05) is 35.0 Å². The Bertz CT molecular complexity index is 691. The fourth-order valence-electron chi connectivity index (χ4n) is 2.90. The highest BCUT2D eigenvalue weighted by Gasteiger charge is 2.29. The van der Waals surface area contributed by atoms with Crippen LogP contribution < -0.4 is 10.6 Å². The summed E-state index contributed by atoms with van der Waals surface area (Å²) in [7, 11) is 0. The Hall–Kier alpha value is -1.16. The summed E-state index contributed by atoms with van der Waals surface area (Å²) >= 11 is 11.9. The number of carbonyl (C=O) groups excluding carboxylic acids is 1. The standard InChI is InChI=1S/C18H22Cl2N4O.ClH/c1-13(2-3-14-4-5-16(19)17(20)10-14)22-18(25)24-8-6-23(7-9-24)15-11-21-12-15;/h4-5,10,13,15,21H,6-9,11-12H2,1H3,(H,22,25);1H. The van der Waals surface area contributed by atoms with Crippen LogP contribution in [0.3, 0.4) is 0 Å². The number of hydrogen-bond acceptors (Lipinski definition) is 3. The molecule has 0 aliphatic carbocycles. The molecule has 5 nitrogen and oxygen atoms in total. The van der Waals surface area contributed by atoms with Gasteiger partial charge in [0.05, 0.1) is 16.1 Å². The normalized spacial score (nSPS) is 18.8. The summed E-state index contributed by atoms with van der Waals surface area (Å²) in [5.74, 6) is 6.05. The Labute approximate surface area is 170 Å². The van der Waals surface area contributed by atoms with Crippen LogP contribution in [0.1, 0.15) is 12.5 Å². The van der Waals surface area contributed by atoms with E-state index in [0.717, 1.165) is 44.8 Å². The highest BCUT2D eigenvalue weighted by Crippen LogP contribution is 2.22. The summed E-state index contributed by atoms with van der Waals surface area (Å²) in [5.41, 5.74) is 0.776. The summed E-state index contributed by atoms with van der Waals surface area (Å²) in [5, 5.41) is 7.21. The van der Waals surface area contributed by atoms with Crippen LogP contribution in [0.4, 0.5) is 4.79 Å². The van der Waals surface area contributed by atoms with E-state index in [2.05, 4.69) is 27.4 Å². The number of urea groups is 1. The fourth-order valence-corrected chi connectivity index (χ4v) is 3.20. The molecule has 0 radical (unpaired) electrons. The van der Waals surface area contributed by atoms with Gasteiger partial charge in [0.1, 0.15) is 0 Å². The molecule has 26 heavy (non-hydrogen) atoms. The molecule has 1 unspecified atom stereocenters. The summed E-state index contributed by atoms with van der Waals surface area (Å²) in [6.07, 6.45) is 0. The zero-order valence-corrected chi connectivity index (χ0v) is 16.9. The lowest BCUT2D eigenvalue weighted by Gasteiger charge is -2.43. The molecule has 1 atom stereocenters. The molecule has 1 aromatic carbocycles. The smallest absolute Gasteiger partial charge is 0.318 e. The molecule has 2 saturated heterocycles. The minimum atomic E-state index is -0.240. The van der Waals surface area contributed by atoms with E-state index in [-0.39, 0.29) is 24.5 Å². The predicted octanol–water partition coefficient (Wildman–Crippen LogP) is 2.45. The number of carbonyl (C=O) groups is 1. The highest BCUT2D eigenvalue weighted by molar-refractivity contribution is 6.42. The van der Waals surface area contributed by atoms with E-state index in [9.17, 15) is 4.79 Å². The van der Waals surface area contributed by atoms with Gasteiger partial charge in [-0.15, -0.1) is 12.4 Å². The Morgan fingerprint density at radius 2 is 1.92 bits per heavy atom. The predicted molar refractivity (Wildman–Crippen MR) is 108 cm³/mol. The summed E-state index contributed by atoms with van der Waals surface area (Å²) in [6.45, 7) is 7.39. The minimum absolute atomic E-state index is 0. The first-order valence-corrected chi connectivity index (χ1v) is 9.25. The van der Waals surface area contributed by atoms with Crippen molar-refractivity contribution in [1.29, 1.82) is 0 Å². The third kappa shape index (κ3) is 5.42. The molecule has 8 heteroatoms. The lowest BCUT2D eigenvalue weighted by Crippen LogP contribution is -2.62. The van der Waals surface area contributed by atoms with Crippen molar-refractivity contribution in [2.24, 2.45) is 0 Å². The van der Waals surface area contributed by atoms with Crippen molar-refractivity contribution in [3.8, 4) is 11.8 Å². The van der Waals surface area contributed by atoms with Crippen LogP contribution in [0.5, 0.6) is 0 Å². The van der Waals surface area contributed by atoms with E-state index in [1.165, 1.54) is 0 Å². The molecule has 2 fully saturated rings. The number of nitrogens with one attached hydrogen (secondary N) is 2. The summed E-state index contributed by atoms with van der Waals surface area (Å²) in [6, 6.07) is 5.60. The molecule has 0 bridgehead atoms. The van der Waals surface area contributed by atoms with Gasteiger partial charge in [-0.05, 0) is 25.1 Å². The first kappa shape index (κ1) is 21.1. The largest absolute Gasteiger partial charge is 0.325 e. The van der Waals surface area contributed by atoms with Gasteiger partial charge in [0, 0.05) is 50.9 Å². The Morgan fingerprint density at radius 1 is 1.23 bits per heavy atom. The maximum Gasteiger partial charge on any atom is 0.318 e. The van der Waals surface area contributed by atoms with Crippen LogP contribution in [0, 0.1) is 11.8 Å². The molecule has 2 aliphatic rings. The zero-order chi connectivity index (χ0) is 17.8. The lowest BCUT2D eigenvalue weighted by atomic mass is 10.1. The topological polar surface area (TPSA) is 47.6 Å². The number of nitrogens with zero attached hydrogens (tertiary/aromatic N) is 2. The Kier molecular flexibility index (Phi) is 7.87. The van der Waals surface area contributed by atoms with Crippen LogP contribution in [0.2, 0.25) is 10.0 Å². The second-order valence-corrected chi connectivity index (χ2v) is 7.22. The van der Waals surface area contributed by atoms with Crippen molar-refractivity contribution in [1.82, 2.24) is 20.4 Å². The van der Waals surface area contributed by atoms with E-state index >= 15 is 0 Å². The molecular weight excluding hydrogens is 395 g/mol.